The summed E-state index contributed by atoms with van der Waals surface area (Å²) in [6.45, 7) is 5.56. The number of ketones is 1. The van der Waals surface area contributed by atoms with Gasteiger partial charge in [0, 0.05) is 35.4 Å². The molecule has 4 rings (SSSR count). The molecule has 0 spiro atoms. The second kappa shape index (κ2) is 10.0. The Hall–Kier alpha value is -2.74. The molecule has 0 radical (unpaired) electrons. The highest BCUT2D eigenvalue weighted by molar-refractivity contribution is 7.17. The number of carbonyl (C=O) groups is 2. The number of hydrogen-bond acceptors (Lipinski definition) is 6. The number of benzene rings is 2. The number of carboxylic acids is 1. The Morgan fingerprint density at radius 3 is 2.70 bits per heavy atom. The second-order valence-corrected chi connectivity index (χ2v) is 9.72. The molecule has 1 unspecified atom stereocenters. The van der Waals surface area contributed by atoms with Gasteiger partial charge < -0.3 is 15.3 Å². The van der Waals surface area contributed by atoms with Gasteiger partial charge in [0.2, 0.25) is 0 Å². The summed E-state index contributed by atoms with van der Waals surface area (Å²) >= 11 is 7.38. The molecular formula is C25H26ClN3O3S. The fraction of sp³-hybridized carbons (Fsp3) is 0.320. The molecule has 3 aromatic rings. The van der Waals surface area contributed by atoms with Crippen molar-refractivity contribution in [2.75, 3.05) is 24.5 Å². The number of nitrogens with one attached hydrogen (secondary N) is 1. The first-order chi connectivity index (χ1) is 15.8. The fourth-order valence-electron chi connectivity index (χ4n) is 4.25. The number of hydrogen-bond donors (Lipinski definition) is 2. The third-order valence-electron chi connectivity index (χ3n) is 5.99. The molecule has 0 amide bonds. The number of thiazole rings is 1. The molecule has 1 aromatic heterocycles. The number of nitrogens with zero attached hydrogens (tertiary/aromatic N) is 2. The molecule has 1 aliphatic rings. The standard InChI is InChI=1S/C25H26ClN3O3S/c1-15-20(25(31)32)6-3-7-21(15)29-12-4-5-19(14-29)27-13-22(30)23-16(2)28-24(33-23)17-8-10-18(26)11-9-17/h3,6-11,19,27H,4-5,12-14H2,1-2H3,(H,31,32). The molecule has 1 fully saturated rings. The van der Waals surface area contributed by atoms with Crippen LogP contribution < -0.4 is 10.2 Å². The first kappa shape index (κ1) is 23.4. The number of aromatic carboxylic acids is 1. The largest absolute Gasteiger partial charge is 0.478 e. The van der Waals surface area contributed by atoms with Crippen molar-refractivity contribution in [2.45, 2.75) is 32.7 Å². The normalized spacial score (nSPS) is 16.1. The molecular weight excluding hydrogens is 458 g/mol. The van der Waals surface area contributed by atoms with Crippen molar-refractivity contribution in [3.8, 4) is 10.6 Å². The van der Waals surface area contributed by atoms with Crippen LogP contribution in [0.1, 0.15) is 44.1 Å². The number of carboxylic acid groups (broad SMARTS) is 1. The Morgan fingerprint density at radius 2 is 1.97 bits per heavy atom. The molecule has 6 nitrogen and oxygen atoms in total. The van der Waals surface area contributed by atoms with E-state index in [0.717, 1.165) is 53.4 Å². The summed E-state index contributed by atoms with van der Waals surface area (Å²) in [5, 5.41) is 14.3. The van der Waals surface area contributed by atoms with E-state index in [4.69, 9.17) is 11.6 Å². The van der Waals surface area contributed by atoms with E-state index in [2.05, 4.69) is 15.2 Å². The van der Waals surface area contributed by atoms with Crippen molar-refractivity contribution < 1.29 is 14.7 Å². The topological polar surface area (TPSA) is 82.5 Å². The van der Waals surface area contributed by atoms with Gasteiger partial charge in [-0.3, -0.25) is 4.79 Å². The van der Waals surface area contributed by atoms with Gasteiger partial charge in [-0.05, 0) is 56.5 Å². The van der Waals surface area contributed by atoms with Gasteiger partial charge in [-0.25, -0.2) is 9.78 Å². The van der Waals surface area contributed by atoms with Crippen LogP contribution in [0.5, 0.6) is 0 Å². The van der Waals surface area contributed by atoms with Gasteiger partial charge in [0.15, 0.2) is 5.78 Å². The van der Waals surface area contributed by atoms with Crippen molar-refractivity contribution in [3.05, 3.63) is 69.2 Å². The lowest BCUT2D eigenvalue weighted by Gasteiger charge is -2.36. The monoisotopic (exact) mass is 483 g/mol. The molecule has 33 heavy (non-hydrogen) atoms. The number of Topliss-reactive ketones (excluding diaryl/α,β-unsaturated/α-hetero) is 1. The van der Waals surface area contributed by atoms with Gasteiger partial charge >= 0.3 is 5.97 Å². The highest BCUT2D eigenvalue weighted by atomic mass is 35.5. The molecule has 8 heteroatoms. The lowest BCUT2D eigenvalue weighted by molar-refractivity contribution is 0.0696. The first-order valence-corrected chi connectivity index (χ1v) is 12.1. The zero-order valence-electron chi connectivity index (χ0n) is 18.6. The molecule has 172 valence electrons. The van der Waals surface area contributed by atoms with Crippen molar-refractivity contribution in [3.63, 3.8) is 0 Å². The van der Waals surface area contributed by atoms with Crippen molar-refractivity contribution in [1.29, 1.82) is 0 Å². The van der Waals surface area contributed by atoms with E-state index >= 15 is 0 Å². The van der Waals surface area contributed by atoms with E-state index < -0.39 is 5.97 Å². The maximum atomic E-state index is 12.9. The maximum Gasteiger partial charge on any atom is 0.336 e. The van der Waals surface area contributed by atoms with E-state index in [9.17, 15) is 14.7 Å². The number of aromatic nitrogens is 1. The van der Waals surface area contributed by atoms with Crippen LogP contribution in [0.2, 0.25) is 5.02 Å². The van der Waals surface area contributed by atoms with Crippen LogP contribution in [0.15, 0.2) is 42.5 Å². The number of rotatable bonds is 7. The Morgan fingerprint density at radius 1 is 1.21 bits per heavy atom. The number of carbonyl (C=O) groups excluding carboxylic acids is 1. The van der Waals surface area contributed by atoms with Crippen LogP contribution >= 0.6 is 22.9 Å². The van der Waals surface area contributed by atoms with E-state index in [1.165, 1.54) is 11.3 Å². The third kappa shape index (κ3) is 5.27. The fourth-order valence-corrected chi connectivity index (χ4v) is 5.38. The maximum absolute atomic E-state index is 12.9. The highest BCUT2D eigenvalue weighted by Gasteiger charge is 2.24. The summed E-state index contributed by atoms with van der Waals surface area (Å²) in [5.41, 5.74) is 3.73. The molecule has 2 heterocycles. The van der Waals surface area contributed by atoms with Crippen molar-refractivity contribution in [2.24, 2.45) is 0 Å². The highest BCUT2D eigenvalue weighted by Crippen LogP contribution is 2.29. The average molecular weight is 484 g/mol. The molecule has 2 N–H and O–H groups in total. The molecule has 0 bridgehead atoms. The minimum atomic E-state index is -0.912. The predicted molar refractivity (Wildman–Crippen MR) is 133 cm³/mol. The summed E-state index contributed by atoms with van der Waals surface area (Å²) in [7, 11) is 0. The van der Waals surface area contributed by atoms with E-state index in [1.807, 2.05) is 44.2 Å². The summed E-state index contributed by atoms with van der Waals surface area (Å²) in [6, 6.07) is 13.0. The predicted octanol–water partition coefficient (Wildman–Crippen LogP) is 5.22. The van der Waals surface area contributed by atoms with Crippen LogP contribution in [0.25, 0.3) is 10.6 Å². The van der Waals surface area contributed by atoms with E-state index in [-0.39, 0.29) is 18.4 Å². The minimum absolute atomic E-state index is 0.0337. The second-order valence-electron chi connectivity index (χ2n) is 8.28. The Bertz CT molecular complexity index is 1180. The third-order valence-corrected chi connectivity index (χ3v) is 7.49. The van der Waals surface area contributed by atoms with Gasteiger partial charge in [-0.1, -0.05) is 29.8 Å². The van der Waals surface area contributed by atoms with E-state index in [0.29, 0.717) is 15.5 Å². The van der Waals surface area contributed by atoms with Crippen LogP contribution in [0.3, 0.4) is 0 Å². The number of piperidine rings is 1. The molecule has 2 aromatic carbocycles. The summed E-state index contributed by atoms with van der Waals surface area (Å²) in [6.07, 6.45) is 1.95. The minimum Gasteiger partial charge on any atom is -0.478 e. The summed E-state index contributed by atoms with van der Waals surface area (Å²) < 4.78 is 0. The molecule has 0 saturated carbocycles. The van der Waals surface area contributed by atoms with Crippen LogP contribution in [-0.4, -0.2) is 47.5 Å². The molecule has 0 aliphatic carbocycles. The Labute approximate surface area is 202 Å². The van der Waals surface area contributed by atoms with Gasteiger partial charge in [-0.2, -0.15) is 0 Å². The van der Waals surface area contributed by atoms with Gasteiger partial charge in [-0.15, -0.1) is 11.3 Å². The lowest BCUT2D eigenvalue weighted by atomic mass is 10.0. The number of aryl methyl sites for hydroxylation is 1. The zero-order valence-corrected chi connectivity index (χ0v) is 20.2. The molecule has 1 atom stereocenters. The Kier molecular flexibility index (Phi) is 7.12. The lowest BCUT2D eigenvalue weighted by Crippen LogP contribution is -2.47. The van der Waals surface area contributed by atoms with Gasteiger partial charge in [0.05, 0.1) is 22.7 Å². The van der Waals surface area contributed by atoms with Crippen LogP contribution in [-0.2, 0) is 0 Å². The summed E-state index contributed by atoms with van der Waals surface area (Å²) in [5.74, 6) is -0.879. The zero-order chi connectivity index (χ0) is 23.5. The number of anilines is 1. The first-order valence-electron chi connectivity index (χ1n) is 10.9. The van der Waals surface area contributed by atoms with Gasteiger partial charge in [0.1, 0.15) is 5.01 Å². The van der Waals surface area contributed by atoms with Crippen LogP contribution in [0, 0.1) is 13.8 Å². The molecule has 1 saturated heterocycles. The van der Waals surface area contributed by atoms with Gasteiger partial charge in [0.25, 0.3) is 0 Å². The van der Waals surface area contributed by atoms with Crippen molar-refractivity contribution in [1.82, 2.24) is 10.3 Å². The summed E-state index contributed by atoms with van der Waals surface area (Å²) in [4.78, 5) is 31.9. The van der Waals surface area contributed by atoms with E-state index in [1.54, 1.807) is 12.1 Å². The van der Waals surface area contributed by atoms with Crippen molar-refractivity contribution >= 4 is 40.4 Å². The quantitative estimate of drug-likeness (QED) is 0.448. The smallest absolute Gasteiger partial charge is 0.336 e. The SMILES string of the molecule is Cc1nc(-c2ccc(Cl)cc2)sc1C(=O)CNC1CCCN(c2cccc(C(=O)O)c2C)C1. The Balaban J connectivity index is 1.40. The molecule has 1 aliphatic heterocycles. The average Bonchev–Trinajstić information content (AvgIpc) is 3.19. The van der Waals surface area contributed by atoms with Crippen LogP contribution in [0.4, 0.5) is 5.69 Å². The number of halogens is 1.